The molecule has 1 nitrogen and oxygen atoms in total. The van der Waals surface area contributed by atoms with E-state index in [-0.39, 0.29) is 0 Å². The Balaban J connectivity index is 2.72. The van der Waals surface area contributed by atoms with Gasteiger partial charge in [-0.2, -0.15) is 0 Å². The number of rotatable bonds is 10. The Bertz CT molecular complexity index is 364. The molecule has 0 spiro atoms. The van der Waals surface area contributed by atoms with E-state index in [1.54, 1.807) is 0 Å². The van der Waals surface area contributed by atoms with Gasteiger partial charge in [0.05, 0.1) is 0 Å². The lowest BCUT2D eigenvalue weighted by Gasteiger charge is -2.24. The lowest BCUT2D eigenvalue weighted by atomic mass is 9.89. The van der Waals surface area contributed by atoms with Crippen LogP contribution in [0.15, 0.2) is 28.7 Å². The molecule has 0 aliphatic heterocycles. The van der Waals surface area contributed by atoms with Crippen LogP contribution in [0.2, 0.25) is 0 Å². The molecule has 1 aromatic carbocycles. The first kappa shape index (κ1) is 17.7. The van der Waals surface area contributed by atoms with Crippen LogP contribution >= 0.6 is 15.9 Å². The average Bonchev–Trinajstić information content (AvgIpc) is 2.46. The fraction of sp³-hybridized carbons (Fsp3) is 0.667. The maximum Gasteiger partial charge on any atom is 0.0323 e. The van der Waals surface area contributed by atoms with Crippen LogP contribution in [0, 0.1) is 5.92 Å². The van der Waals surface area contributed by atoms with Crippen molar-refractivity contribution in [1.82, 2.24) is 5.32 Å². The summed E-state index contributed by atoms with van der Waals surface area (Å²) in [4.78, 5) is 0. The number of unbranched alkanes of at least 4 members (excludes halogenated alkanes) is 1. The summed E-state index contributed by atoms with van der Waals surface area (Å²) in [5.74, 6) is 0.836. The largest absolute Gasteiger partial charge is 0.310 e. The van der Waals surface area contributed by atoms with Gasteiger partial charge in [0.1, 0.15) is 0 Å². The maximum absolute atomic E-state index is 3.73. The highest BCUT2D eigenvalue weighted by Crippen LogP contribution is 2.28. The normalized spacial score (nSPS) is 14.2. The highest BCUT2D eigenvalue weighted by molar-refractivity contribution is 9.10. The van der Waals surface area contributed by atoms with Crippen LogP contribution in [0.1, 0.15) is 70.9 Å². The summed E-state index contributed by atoms with van der Waals surface area (Å²) >= 11 is 3.60. The molecule has 0 fully saturated rings. The molecule has 0 heterocycles. The van der Waals surface area contributed by atoms with Crippen molar-refractivity contribution in [3.05, 3.63) is 34.3 Å². The van der Waals surface area contributed by atoms with Crippen LogP contribution in [0.3, 0.4) is 0 Å². The zero-order valence-electron chi connectivity index (χ0n) is 13.3. The highest BCUT2D eigenvalue weighted by Gasteiger charge is 2.16. The fourth-order valence-electron chi connectivity index (χ4n) is 2.69. The van der Waals surface area contributed by atoms with Crippen molar-refractivity contribution in [3.8, 4) is 0 Å². The monoisotopic (exact) mass is 339 g/mol. The average molecular weight is 340 g/mol. The summed E-state index contributed by atoms with van der Waals surface area (Å²) in [6.07, 6.45) is 7.77. The second-order valence-corrected chi connectivity index (χ2v) is 6.63. The van der Waals surface area contributed by atoms with Gasteiger partial charge in [-0.15, -0.1) is 0 Å². The third-order valence-electron chi connectivity index (χ3n) is 4.00. The van der Waals surface area contributed by atoms with E-state index in [0.29, 0.717) is 6.04 Å². The molecule has 2 atom stereocenters. The predicted molar refractivity (Wildman–Crippen MR) is 93.1 cm³/mol. The summed E-state index contributed by atoms with van der Waals surface area (Å²) in [5, 5.41) is 3.73. The van der Waals surface area contributed by atoms with Gasteiger partial charge in [-0.05, 0) is 43.0 Å². The Kier molecular flexibility index (Phi) is 9.21. The van der Waals surface area contributed by atoms with Crippen LogP contribution < -0.4 is 5.32 Å². The van der Waals surface area contributed by atoms with Gasteiger partial charge in [0.2, 0.25) is 0 Å². The Hall–Kier alpha value is -0.340. The van der Waals surface area contributed by atoms with E-state index in [2.05, 4.69) is 66.3 Å². The van der Waals surface area contributed by atoms with Crippen molar-refractivity contribution in [2.45, 2.75) is 65.3 Å². The van der Waals surface area contributed by atoms with Crippen LogP contribution in [-0.4, -0.2) is 6.54 Å². The molecule has 0 saturated heterocycles. The van der Waals surface area contributed by atoms with Gasteiger partial charge in [-0.25, -0.2) is 0 Å². The molecule has 0 saturated carbocycles. The first-order chi connectivity index (χ1) is 9.71. The molecular formula is C18H30BrN. The smallest absolute Gasteiger partial charge is 0.0323 e. The molecule has 2 heteroatoms. The second-order valence-electron chi connectivity index (χ2n) is 5.71. The van der Waals surface area contributed by atoms with E-state index in [4.69, 9.17) is 0 Å². The van der Waals surface area contributed by atoms with Crippen LogP contribution in [-0.2, 0) is 0 Å². The summed E-state index contributed by atoms with van der Waals surface area (Å²) in [6.45, 7) is 7.95. The zero-order valence-corrected chi connectivity index (χ0v) is 14.9. The molecule has 20 heavy (non-hydrogen) atoms. The van der Waals surface area contributed by atoms with Gasteiger partial charge in [0.25, 0.3) is 0 Å². The van der Waals surface area contributed by atoms with E-state index in [0.717, 1.165) is 12.5 Å². The number of hydrogen-bond donors (Lipinski definition) is 1. The number of hydrogen-bond acceptors (Lipinski definition) is 1. The zero-order chi connectivity index (χ0) is 14.8. The Morgan fingerprint density at radius 1 is 1.15 bits per heavy atom. The van der Waals surface area contributed by atoms with E-state index in [9.17, 15) is 0 Å². The lowest BCUT2D eigenvalue weighted by molar-refractivity contribution is 0.353. The van der Waals surface area contributed by atoms with Crippen LogP contribution in [0.4, 0.5) is 0 Å². The van der Waals surface area contributed by atoms with Crippen LogP contribution in [0.5, 0.6) is 0 Å². The van der Waals surface area contributed by atoms with Gasteiger partial charge in [0, 0.05) is 10.5 Å². The van der Waals surface area contributed by atoms with Crippen molar-refractivity contribution in [3.63, 3.8) is 0 Å². The number of nitrogens with one attached hydrogen (secondary N) is 1. The Morgan fingerprint density at radius 2 is 1.95 bits per heavy atom. The molecule has 0 radical (unpaired) electrons. The third-order valence-corrected chi connectivity index (χ3v) is 4.50. The molecule has 0 aliphatic rings. The standard InChI is InChI=1S/C18H30BrN/c1-4-7-9-15(6-3)13-18(20-12-5-2)16-10-8-11-17(19)14-16/h8,10-11,14-15,18,20H,4-7,9,12-13H2,1-3H3. The van der Waals surface area contributed by atoms with E-state index >= 15 is 0 Å². The topological polar surface area (TPSA) is 12.0 Å². The summed E-state index contributed by atoms with van der Waals surface area (Å²) < 4.78 is 1.18. The van der Waals surface area contributed by atoms with Crippen molar-refractivity contribution in [2.75, 3.05) is 6.54 Å². The van der Waals surface area contributed by atoms with E-state index in [1.807, 2.05) is 0 Å². The molecule has 1 aromatic rings. The highest BCUT2D eigenvalue weighted by atomic mass is 79.9. The molecule has 0 bridgehead atoms. The van der Waals surface area contributed by atoms with Crippen LogP contribution in [0.25, 0.3) is 0 Å². The first-order valence-corrected chi connectivity index (χ1v) is 8.99. The van der Waals surface area contributed by atoms with Crippen molar-refractivity contribution < 1.29 is 0 Å². The molecular weight excluding hydrogens is 310 g/mol. The van der Waals surface area contributed by atoms with E-state index in [1.165, 1.54) is 48.6 Å². The van der Waals surface area contributed by atoms with Crippen molar-refractivity contribution in [1.29, 1.82) is 0 Å². The number of halogens is 1. The van der Waals surface area contributed by atoms with E-state index < -0.39 is 0 Å². The van der Waals surface area contributed by atoms with Gasteiger partial charge in [0.15, 0.2) is 0 Å². The lowest BCUT2D eigenvalue weighted by Crippen LogP contribution is -2.24. The Labute approximate surface area is 133 Å². The van der Waals surface area contributed by atoms with Crippen molar-refractivity contribution >= 4 is 15.9 Å². The minimum absolute atomic E-state index is 0.495. The summed E-state index contributed by atoms with van der Waals surface area (Å²) in [5.41, 5.74) is 1.42. The third kappa shape index (κ3) is 6.41. The fourth-order valence-corrected chi connectivity index (χ4v) is 3.11. The second kappa shape index (κ2) is 10.4. The van der Waals surface area contributed by atoms with Gasteiger partial charge in [-0.1, -0.05) is 74.5 Å². The summed E-state index contributed by atoms with van der Waals surface area (Å²) in [7, 11) is 0. The Morgan fingerprint density at radius 3 is 2.55 bits per heavy atom. The minimum atomic E-state index is 0.495. The minimum Gasteiger partial charge on any atom is -0.310 e. The quantitative estimate of drug-likeness (QED) is 0.543. The van der Waals surface area contributed by atoms with Gasteiger partial charge >= 0.3 is 0 Å². The van der Waals surface area contributed by atoms with Crippen molar-refractivity contribution in [2.24, 2.45) is 5.92 Å². The SMILES string of the molecule is CCCCC(CC)CC(NCCC)c1cccc(Br)c1. The van der Waals surface area contributed by atoms with Gasteiger partial charge < -0.3 is 5.32 Å². The summed E-state index contributed by atoms with van der Waals surface area (Å²) in [6, 6.07) is 9.26. The maximum atomic E-state index is 3.73. The number of benzene rings is 1. The molecule has 1 N–H and O–H groups in total. The van der Waals surface area contributed by atoms with Gasteiger partial charge in [-0.3, -0.25) is 0 Å². The molecule has 0 aliphatic carbocycles. The molecule has 1 rings (SSSR count). The predicted octanol–water partition coefficient (Wildman–Crippen LogP) is 6.10. The molecule has 0 aromatic heterocycles. The first-order valence-electron chi connectivity index (χ1n) is 8.20. The molecule has 2 unspecified atom stereocenters. The molecule has 114 valence electrons. The molecule has 0 amide bonds.